The molecule has 2 atom stereocenters. The van der Waals surface area contributed by atoms with Gasteiger partial charge in [-0.2, -0.15) is 0 Å². The van der Waals surface area contributed by atoms with E-state index in [1.807, 2.05) is 6.92 Å². The zero-order chi connectivity index (χ0) is 11.8. The molecule has 0 aromatic heterocycles. The van der Waals surface area contributed by atoms with Gasteiger partial charge in [-0.05, 0) is 19.3 Å². The van der Waals surface area contributed by atoms with Crippen LogP contribution in [0.3, 0.4) is 0 Å². The van der Waals surface area contributed by atoms with Crippen LogP contribution in [0.5, 0.6) is 0 Å². The monoisotopic (exact) mass is 229 g/mol. The molecule has 1 N–H and O–H groups in total. The van der Waals surface area contributed by atoms with Crippen LogP contribution in [0.15, 0.2) is 0 Å². The summed E-state index contributed by atoms with van der Waals surface area (Å²) < 4.78 is 10.7. The first kappa shape index (κ1) is 13.5. The molecule has 1 rings (SSSR count). The highest BCUT2D eigenvalue weighted by molar-refractivity contribution is 5.77. The summed E-state index contributed by atoms with van der Waals surface area (Å²) in [6.45, 7) is 6.52. The van der Waals surface area contributed by atoms with E-state index in [1.165, 1.54) is 0 Å². The van der Waals surface area contributed by atoms with Gasteiger partial charge in [0.15, 0.2) is 0 Å². The van der Waals surface area contributed by atoms with Crippen LogP contribution in [0.4, 0.5) is 0 Å². The minimum Gasteiger partial charge on any atom is -0.378 e. The molecule has 1 aliphatic heterocycles. The molecule has 0 saturated carbocycles. The fraction of sp³-hybridized carbons (Fsp3) is 0.917. The van der Waals surface area contributed by atoms with Crippen molar-refractivity contribution in [1.82, 2.24) is 5.32 Å². The van der Waals surface area contributed by atoms with Gasteiger partial charge in [0.2, 0.25) is 5.91 Å². The molecular formula is C12H23NO3. The molecule has 4 heteroatoms. The number of hydrogen-bond donors (Lipinski definition) is 1. The standard InChI is InChI=1S/C12H23NO3/c1-3-6-15-9-12(14)13-8-10-5-7-16-11(10)4-2/h10-11H,3-9H2,1-2H3,(H,13,14). The molecule has 0 aromatic carbocycles. The van der Waals surface area contributed by atoms with Crippen molar-refractivity contribution in [2.24, 2.45) is 5.92 Å². The Labute approximate surface area is 97.7 Å². The average Bonchev–Trinajstić information content (AvgIpc) is 2.74. The van der Waals surface area contributed by atoms with Gasteiger partial charge in [-0.1, -0.05) is 13.8 Å². The van der Waals surface area contributed by atoms with Crippen molar-refractivity contribution in [1.29, 1.82) is 0 Å². The van der Waals surface area contributed by atoms with Gasteiger partial charge in [-0.25, -0.2) is 0 Å². The van der Waals surface area contributed by atoms with Crippen molar-refractivity contribution < 1.29 is 14.3 Å². The minimum absolute atomic E-state index is 0.0183. The van der Waals surface area contributed by atoms with Crippen LogP contribution in [0.2, 0.25) is 0 Å². The van der Waals surface area contributed by atoms with E-state index in [-0.39, 0.29) is 12.5 Å². The molecule has 1 saturated heterocycles. The van der Waals surface area contributed by atoms with E-state index in [0.717, 1.165) is 25.9 Å². The number of rotatable bonds is 7. The Kier molecular flexibility index (Phi) is 6.42. The van der Waals surface area contributed by atoms with Crippen molar-refractivity contribution in [2.45, 2.75) is 39.2 Å². The Hall–Kier alpha value is -0.610. The summed E-state index contributed by atoms with van der Waals surface area (Å²) in [4.78, 5) is 11.4. The molecule has 0 radical (unpaired) electrons. The minimum atomic E-state index is -0.0183. The van der Waals surface area contributed by atoms with Crippen LogP contribution in [-0.2, 0) is 14.3 Å². The molecule has 4 nitrogen and oxygen atoms in total. The second-order valence-electron chi connectivity index (χ2n) is 4.22. The van der Waals surface area contributed by atoms with E-state index in [2.05, 4.69) is 12.2 Å². The Morgan fingerprint density at radius 3 is 3.00 bits per heavy atom. The molecule has 0 bridgehead atoms. The highest BCUT2D eigenvalue weighted by Crippen LogP contribution is 2.22. The lowest BCUT2D eigenvalue weighted by Gasteiger charge is -2.17. The SMILES string of the molecule is CCCOCC(=O)NCC1CCOC1CC. The summed E-state index contributed by atoms with van der Waals surface area (Å²) in [5, 5.41) is 2.90. The van der Waals surface area contributed by atoms with Crippen LogP contribution < -0.4 is 5.32 Å². The number of ether oxygens (including phenoxy) is 2. The second-order valence-corrected chi connectivity index (χ2v) is 4.22. The fourth-order valence-electron chi connectivity index (χ4n) is 1.98. The summed E-state index contributed by atoms with van der Waals surface area (Å²) in [7, 11) is 0. The van der Waals surface area contributed by atoms with Gasteiger partial charge in [0.25, 0.3) is 0 Å². The normalized spacial score (nSPS) is 24.6. The maximum Gasteiger partial charge on any atom is 0.246 e. The summed E-state index contributed by atoms with van der Waals surface area (Å²) in [5.74, 6) is 0.454. The average molecular weight is 229 g/mol. The molecular weight excluding hydrogens is 206 g/mol. The number of carbonyl (C=O) groups is 1. The summed E-state index contributed by atoms with van der Waals surface area (Å²) in [6.07, 6.45) is 3.33. The number of nitrogens with one attached hydrogen (secondary N) is 1. The third-order valence-electron chi connectivity index (χ3n) is 2.89. The molecule has 16 heavy (non-hydrogen) atoms. The lowest BCUT2D eigenvalue weighted by molar-refractivity contribution is -0.125. The van der Waals surface area contributed by atoms with Gasteiger partial charge in [-0.3, -0.25) is 4.79 Å². The van der Waals surface area contributed by atoms with Gasteiger partial charge in [0.1, 0.15) is 6.61 Å². The molecule has 94 valence electrons. The van der Waals surface area contributed by atoms with E-state index >= 15 is 0 Å². The topological polar surface area (TPSA) is 47.6 Å². The van der Waals surface area contributed by atoms with E-state index in [1.54, 1.807) is 0 Å². The largest absolute Gasteiger partial charge is 0.378 e. The van der Waals surface area contributed by atoms with Gasteiger partial charge >= 0.3 is 0 Å². The van der Waals surface area contributed by atoms with Crippen LogP contribution in [0, 0.1) is 5.92 Å². The Morgan fingerprint density at radius 2 is 2.31 bits per heavy atom. The van der Waals surface area contributed by atoms with Crippen LogP contribution in [0.1, 0.15) is 33.1 Å². The third kappa shape index (κ3) is 4.49. The van der Waals surface area contributed by atoms with Crippen molar-refractivity contribution in [3.05, 3.63) is 0 Å². The highest BCUT2D eigenvalue weighted by atomic mass is 16.5. The van der Waals surface area contributed by atoms with E-state index in [9.17, 15) is 4.79 Å². The maximum absolute atomic E-state index is 11.4. The molecule has 1 fully saturated rings. The maximum atomic E-state index is 11.4. The fourth-order valence-corrected chi connectivity index (χ4v) is 1.98. The number of hydrogen-bond acceptors (Lipinski definition) is 3. The Balaban J connectivity index is 2.11. The number of carbonyl (C=O) groups excluding carboxylic acids is 1. The quantitative estimate of drug-likeness (QED) is 0.670. The van der Waals surface area contributed by atoms with Crippen LogP contribution >= 0.6 is 0 Å². The smallest absolute Gasteiger partial charge is 0.246 e. The summed E-state index contributed by atoms with van der Waals surface area (Å²) >= 11 is 0. The molecule has 0 aromatic rings. The van der Waals surface area contributed by atoms with Crippen molar-refractivity contribution >= 4 is 5.91 Å². The van der Waals surface area contributed by atoms with Gasteiger partial charge in [0.05, 0.1) is 6.10 Å². The first-order valence-corrected chi connectivity index (χ1v) is 6.24. The Bertz CT molecular complexity index is 208. The summed E-state index contributed by atoms with van der Waals surface area (Å²) in [6, 6.07) is 0. The van der Waals surface area contributed by atoms with E-state index in [0.29, 0.717) is 25.2 Å². The van der Waals surface area contributed by atoms with Gasteiger partial charge < -0.3 is 14.8 Å². The zero-order valence-corrected chi connectivity index (χ0v) is 10.3. The molecule has 1 amide bonds. The predicted molar refractivity (Wildman–Crippen MR) is 62.3 cm³/mol. The third-order valence-corrected chi connectivity index (χ3v) is 2.89. The molecule has 0 aliphatic carbocycles. The first-order chi connectivity index (χ1) is 7.77. The lowest BCUT2D eigenvalue weighted by atomic mass is 10.00. The highest BCUT2D eigenvalue weighted by Gasteiger charge is 2.26. The zero-order valence-electron chi connectivity index (χ0n) is 10.3. The first-order valence-electron chi connectivity index (χ1n) is 6.24. The van der Waals surface area contributed by atoms with E-state index < -0.39 is 0 Å². The lowest BCUT2D eigenvalue weighted by Crippen LogP contribution is -2.34. The van der Waals surface area contributed by atoms with Crippen molar-refractivity contribution in [3.63, 3.8) is 0 Å². The van der Waals surface area contributed by atoms with Crippen molar-refractivity contribution in [3.8, 4) is 0 Å². The molecule has 1 aliphatic rings. The molecule has 1 heterocycles. The molecule has 0 spiro atoms. The van der Waals surface area contributed by atoms with Gasteiger partial charge in [0, 0.05) is 25.7 Å². The summed E-state index contributed by atoms with van der Waals surface area (Å²) in [5.41, 5.74) is 0. The van der Waals surface area contributed by atoms with Crippen molar-refractivity contribution in [2.75, 3.05) is 26.4 Å². The van der Waals surface area contributed by atoms with Gasteiger partial charge in [-0.15, -0.1) is 0 Å². The second kappa shape index (κ2) is 7.63. The van der Waals surface area contributed by atoms with Crippen LogP contribution in [-0.4, -0.2) is 38.4 Å². The van der Waals surface area contributed by atoms with Crippen LogP contribution in [0.25, 0.3) is 0 Å². The Morgan fingerprint density at radius 1 is 1.50 bits per heavy atom. The van der Waals surface area contributed by atoms with E-state index in [4.69, 9.17) is 9.47 Å². The number of amides is 1. The molecule has 2 unspecified atom stereocenters. The predicted octanol–water partition coefficient (Wildman–Crippen LogP) is 1.34.